The standard InChI is InChI=1S/C14H30O2/c1-8-11(13(2,3)4)9-12(10-16-15)14(5,6)7/h11-12,15H,8-10H2,1-7H3. The molecule has 0 aromatic rings. The van der Waals surface area contributed by atoms with Gasteiger partial charge in [0.15, 0.2) is 0 Å². The van der Waals surface area contributed by atoms with Gasteiger partial charge in [0, 0.05) is 0 Å². The lowest BCUT2D eigenvalue weighted by Gasteiger charge is -2.37. The Hall–Kier alpha value is -0.0800. The van der Waals surface area contributed by atoms with E-state index in [1.54, 1.807) is 0 Å². The third-order valence-corrected chi connectivity index (χ3v) is 3.79. The van der Waals surface area contributed by atoms with Crippen LogP contribution in [-0.2, 0) is 4.89 Å². The minimum Gasteiger partial charge on any atom is -0.252 e. The van der Waals surface area contributed by atoms with Crippen molar-refractivity contribution in [3.05, 3.63) is 0 Å². The molecule has 0 saturated heterocycles. The van der Waals surface area contributed by atoms with E-state index in [-0.39, 0.29) is 5.41 Å². The Morgan fingerprint density at radius 2 is 1.38 bits per heavy atom. The Bertz CT molecular complexity index is 186. The molecule has 0 amide bonds. The lowest BCUT2D eigenvalue weighted by Crippen LogP contribution is -2.31. The largest absolute Gasteiger partial charge is 0.252 e. The molecule has 2 heteroatoms. The van der Waals surface area contributed by atoms with Gasteiger partial charge in [-0.2, -0.15) is 0 Å². The van der Waals surface area contributed by atoms with Crippen LogP contribution >= 0.6 is 0 Å². The van der Waals surface area contributed by atoms with E-state index in [9.17, 15) is 0 Å². The van der Waals surface area contributed by atoms with Gasteiger partial charge in [-0.25, -0.2) is 4.89 Å². The van der Waals surface area contributed by atoms with Crippen molar-refractivity contribution in [1.82, 2.24) is 0 Å². The second-order valence-electron chi connectivity index (χ2n) is 7.07. The summed E-state index contributed by atoms with van der Waals surface area (Å²) in [5, 5.41) is 8.69. The number of hydrogen-bond donors (Lipinski definition) is 1. The summed E-state index contributed by atoms with van der Waals surface area (Å²) in [5.74, 6) is 1.08. The molecule has 0 bridgehead atoms. The maximum atomic E-state index is 8.69. The Labute approximate surface area is 101 Å². The SMILES string of the molecule is CCC(CC(COO)C(C)(C)C)C(C)(C)C. The van der Waals surface area contributed by atoms with Crippen LogP contribution in [-0.4, -0.2) is 11.9 Å². The molecule has 0 aliphatic heterocycles. The fourth-order valence-corrected chi connectivity index (χ4v) is 2.24. The second kappa shape index (κ2) is 6.02. The summed E-state index contributed by atoms with van der Waals surface area (Å²) >= 11 is 0. The van der Waals surface area contributed by atoms with Gasteiger partial charge >= 0.3 is 0 Å². The minimum atomic E-state index is 0.182. The number of hydrogen-bond acceptors (Lipinski definition) is 2. The van der Waals surface area contributed by atoms with E-state index >= 15 is 0 Å². The van der Waals surface area contributed by atoms with E-state index < -0.39 is 0 Å². The van der Waals surface area contributed by atoms with E-state index in [1.165, 1.54) is 6.42 Å². The molecule has 1 N–H and O–H groups in total. The molecule has 0 spiro atoms. The van der Waals surface area contributed by atoms with Crippen molar-refractivity contribution in [2.45, 2.75) is 61.3 Å². The van der Waals surface area contributed by atoms with E-state index in [0.717, 1.165) is 6.42 Å². The monoisotopic (exact) mass is 230 g/mol. The first kappa shape index (κ1) is 15.9. The normalized spacial score (nSPS) is 17.2. The Morgan fingerprint density at radius 1 is 0.938 bits per heavy atom. The van der Waals surface area contributed by atoms with Crippen LogP contribution in [0.5, 0.6) is 0 Å². The maximum absolute atomic E-state index is 8.69. The lowest BCUT2D eigenvalue weighted by atomic mass is 9.69. The van der Waals surface area contributed by atoms with Crippen molar-refractivity contribution in [3.8, 4) is 0 Å². The zero-order chi connectivity index (χ0) is 13.0. The molecule has 0 aliphatic rings. The summed E-state index contributed by atoms with van der Waals surface area (Å²) in [6.07, 6.45) is 2.30. The highest BCUT2D eigenvalue weighted by molar-refractivity contribution is 4.81. The predicted octanol–water partition coefficient (Wildman–Crippen LogP) is 4.60. The summed E-state index contributed by atoms with van der Waals surface area (Å²) in [5.41, 5.74) is 0.509. The van der Waals surface area contributed by atoms with Gasteiger partial charge in [0.05, 0.1) is 6.61 Å². The first-order valence-electron chi connectivity index (χ1n) is 6.39. The van der Waals surface area contributed by atoms with Gasteiger partial charge in [0.25, 0.3) is 0 Å². The van der Waals surface area contributed by atoms with Gasteiger partial charge in [-0.15, -0.1) is 0 Å². The fraction of sp³-hybridized carbons (Fsp3) is 1.00. The molecule has 0 rings (SSSR count). The molecule has 0 saturated carbocycles. The molecule has 2 nitrogen and oxygen atoms in total. The third kappa shape index (κ3) is 5.31. The van der Waals surface area contributed by atoms with Crippen LogP contribution in [0.15, 0.2) is 0 Å². The summed E-state index contributed by atoms with van der Waals surface area (Å²) in [6, 6.07) is 0. The minimum absolute atomic E-state index is 0.182. The van der Waals surface area contributed by atoms with E-state index in [2.05, 4.69) is 53.4 Å². The van der Waals surface area contributed by atoms with Crippen molar-refractivity contribution in [2.24, 2.45) is 22.7 Å². The highest BCUT2D eigenvalue weighted by atomic mass is 17.1. The van der Waals surface area contributed by atoms with Crippen LogP contribution < -0.4 is 0 Å². The van der Waals surface area contributed by atoms with E-state index in [0.29, 0.717) is 23.9 Å². The van der Waals surface area contributed by atoms with Gasteiger partial charge in [-0.1, -0.05) is 54.9 Å². The Morgan fingerprint density at radius 3 is 1.62 bits per heavy atom. The molecule has 16 heavy (non-hydrogen) atoms. The highest BCUT2D eigenvalue weighted by Crippen LogP contribution is 2.39. The molecule has 0 aromatic heterocycles. The van der Waals surface area contributed by atoms with Gasteiger partial charge in [-0.3, -0.25) is 5.26 Å². The zero-order valence-corrected chi connectivity index (χ0v) is 12.1. The summed E-state index contributed by atoms with van der Waals surface area (Å²) < 4.78 is 0. The van der Waals surface area contributed by atoms with Crippen LogP contribution in [0.25, 0.3) is 0 Å². The summed E-state index contributed by atoms with van der Waals surface area (Å²) in [6.45, 7) is 16.2. The average Bonchev–Trinajstić information content (AvgIpc) is 2.07. The Balaban J connectivity index is 4.60. The molecule has 0 aromatic carbocycles. The lowest BCUT2D eigenvalue weighted by molar-refractivity contribution is -0.258. The van der Waals surface area contributed by atoms with Gasteiger partial charge < -0.3 is 0 Å². The van der Waals surface area contributed by atoms with Crippen LogP contribution in [0.4, 0.5) is 0 Å². The molecule has 0 heterocycles. The first-order valence-corrected chi connectivity index (χ1v) is 6.39. The highest BCUT2D eigenvalue weighted by Gasteiger charge is 2.31. The molecule has 2 unspecified atom stereocenters. The average molecular weight is 230 g/mol. The van der Waals surface area contributed by atoms with Gasteiger partial charge in [0.2, 0.25) is 0 Å². The zero-order valence-electron chi connectivity index (χ0n) is 12.1. The van der Waals surface area contributed by atoms with Crippen molar-refractivity contribution in [1.29, 1.82) is 0 Å². The topological polar surface area (TPSA) is 29.5 Å². The molecule has 2 atom stereocenters. The molecular formula is C14H30O2. The smallest absolute Gasteiger partial charge is 0.0853 e. The maximum Gasteiger partial charge on any atom is 0.0853 e. The van der Waals surface area contributed by atoms with Crippen LogP contribution in [0.3, 0.4) is 0 Å². The fourth-order valence-electron chi connectivity index (χ4n) is 2.24. The van der Waals surface area contributed by atoms with Crippen molar-refractivity contribution >= 4 is 0 Å². The predicted molar refractivity (Wildman–Crippen MR) is 69.4 cm³/mol. The summed E-state index contributed by atoms with van der Waals surface area (Å²) in [4.78, 5) is 4.39. The third-order valence-electron chi connectivity index (χ3n) is 3.79. The molecule has 0 fully saturated rings. The van der Waals surface area contributed by atoms with E-state index in [4.69, 9.17) is 5.26 Å². The summed E-state index contributed by atoms with van der Waals surface area (Å²) in [7, 11) is 0. The second-order valence-corrected chi connectivity index (χ2v) is 7.07. The molecular weight excluding hydrogens is 200 g/mol. The molecule has 98 valence electrons. The van der Waals surface area contributed by atoms with Crippen LogP contribution in [0.1, 0.15) is 61.3 Å². The first-order chi connectivity index (χ1) is 7.12. The van der Waals surface area contributed by atoms with Crippen LogP contribution in [0, 0.1) is 22.7 Å². The quantitative estimate of drug-likeness (QED) is 0.552. The van der Waals surface area contributed by atoms with Crippen LogP contribution in [0.2, 0.25) is 0 Å². The van der Waals surface area contributed by atoms with E-state index in [1.807, 2.05) is 0 Å². The van der Waals surface area contributed by atoms with Crippen molar-refractivity contribution in [2.75, 3.05) is 6.61 Å². The van der Waals surface area contributed by atoms with Gasteiger partial charge in [0.1, 0.15) is 0 Å². The van der Waals surface area contributed by atoms with Crippen molar-refractivity contribution < 1.29 is 10.1 Å². The Kier molecular flexibility index (Phi) is 5.99. The number of rotatable bonds is 5. The molecule has 0 radical (unpaired) electrons. The molecule has 0 aliphatic carbocycles. The van der Waals surface area contributed by atoms with Gasteiger partial charge in [-0.05, 0) is 29.1 Å². The van der Waals surface area contributed by atoms with Crippen molar-refractivity contribution in [3.63, 3.8) is 0 Å².